The quantitative estimate of drug-likeness (QED) is 0.915. The van der Waals surface area contributed by atoms with Gasteiger partial charge in [0.1, 0.15) is 5.82 Å². The molecule has 1 aliphatic heterocycles. The molecule has 1 aliphatic rings. The number of nitrogens with one attached hydrogen (secondary N) is 1. The normalized spacial score (nSPS) is 18.1. The number of amides is 2. The number of halogens is 2. The van der Waals surface area contributed by atoms with Crippen LogP contribution in [-0.4, -0.2) is 36.3 Å². The first kappa shape index (κ1) is 17.7. The van der Waals surface area contributed by atoms with Crippen LogP contribution in [0.4, 0.5) is 4.39 Å². The average molecular weight is 341 g/mol. The molecule has 1 aromatic carbocycles. The number of carbonyl (C=O) groups excluding carboxylic acids is 2. The van der Waals surface area contributed by atoms with Crippen molar-refractivity contribution in [2.75, 3.05) is 19.6 Å². The van der Waals surface area contributed by atoms with Crippen molar-refractivity contribution in [2.24, 2.45) is 11.8 Å². The molecule has 0 aliphatic carbocycles. The lowest BCUT2D eigenvalue weighted by Gasteiger charge is -2.33. The molecular formula is C17H22ClFN2O2. The highest BCUT2D eigenvalue weighted by Crippen LogP contribution is 2.21. The first-order valence-corrected chi connectivity index (χ1v) is 8.28. The number of likely N-dealkylation sites (tertiary alicyclic amines) is 1. The Kier molecular flexibility index (Phi) is 5.99. The van der Waals surface area contributed by atoms with Gasteiger partial charge in [0.2, 0.25) is 5.91 Å². The van der Waals surface area contributed by atoms with Crippen molar-refractivity contribution in [3.8, 4) is 0 Å². The molecule has 0 radical (unpaired) electrons. The summed E-state index contributed by atoms with van der Waals surface area (Å²) < 4.78 is 13.9. The molecule has 2 rings (SSSR count). The van der Waals surface area contributed by atoms with Crippen LogP contribution in [-0.2, 0) is 4.79 Å². The van der Waals surface area contributed by atoms with Crippen molar-refractivity contribution >= 4 is 23.4 Å². The number of carbonyl (C=O) groups is 2. The van der Waals surface area contributed by atoms with Crippen molar-refractivity contribution < 1.29 is 14.0 Å². The smallest absolute Gasteiger partial charge is 0.256 e. The van der Waals surface area contributed by atoms with E-state index >= 15 is 0 Å². The van der Waals surface area contributed by atoms with Gasteiger partial charge in [0.15, 0.2) is 0 Å². The van der Waals surface area contributed by atoms with Gasteiger partial charge in [0.25, 0.3) is 5.91 Å². The number of piperidine rings is 1. The summed E-state index contributed by atoms with van der Waals surface area (Å²) in [6, 6.07) is 4.09. The maximum atomic E-state index is 13.9. The van der Waals surface area contributed by atoms with Crippen molar-refractivity contribution in [1.29, 1.82) is 0 Å². The van der Waals surface area contributed by atoms with Gasteiger partial charge in [-0.25, -0.2) is 4.39 Å². The molecule has 1 saturated heterocycles. The molecular weight excluding hydrogens is 319 g/mol. The van der Waals surface area contributed by atoms with Crippen LogP contribution < -0.4 is 5.32 Å². The third-order valence-electron chi connectivity index (χ3n) is 4.06. The zero-order valence-corrected chi connectivity index (χ0v) is 14.2. The van der Waals surface area contributed by atoms with Crippen molar-refractivity contribution in [1.82, 2.24) is 10.2 Å². The second-order valence-corrected chi connectivity index (χ2v) is 6.72. The van der Waals surface area contributed by atoms with E-state index in [-0.39, 0.29) is 34.2 Å². The van der Waals surface area contributed by atoms with Crippen molar-refractivity contribution in [2.45, 2.75) is 26.7 Å². The zero-order valence-electron chi connectivity index (χ0n) is 13.4. The monoisotopic (exact) mass is 340 g/mol. The summed E-state index contributed by atoms with van der Waals surface area (Å²) in [5.41, 5.74) is 0.0428. The molecule has 0 spiro atoms. The predicted molar refractivity (Wildman–Crippen MR) is 87.9 cm³/mol. The largest absolute Gasteiger partial charge is 0.356 e. The molecule has 0 saturated carbocycles. The third kappa shape index (κ3) is 4.67. The van der Waals surface area contributed by atoms with Crippen LogP contribution >= 0.6 is 11.6 Å². The lowest BCUT2D eigenvalue weighted by molar-refractivity contribution is -0.124. The molecule has 126 valence electrons. The van der Waals surface area contributed by atoms with Crippen LogP contribution in [0.3, 0.4) is 0 Å². The van der Waals surface area contributed by atoms with Crippen molar-refractivity contribution in [3.63, 3.8) is 0 Å². The van der Waals surface area contributed by atoms with Gasteiger partial charge in [-0.05, 0) is 37.0 Å². The molecule has 1 heterocycles. The molecule has 2 amide bonds. The van der Waals surface area contributed by atoms with E-state index in [1.165, 1.54) is 12.1 Å². The minimum absolute atomic E-state index is 0.0113. The molecule has 0 bridgehead atoms. The fourth-order valence-electron chi connectivity index (χ4n) is 2.70. The third-order valence-corrected chi connectivity index (χ3v) is 4.29. The van der Waals surface area contributed by atoms with E-state index in [1.54, 1.807) is 4.90 Å². The van der Waals surface area contributed by atoms with Crippen LogP contribution in [0, 0.1) is 17.7 Å². The highest BCUT2D eigenvalue weighted by Gasteiger charge is 2.26. The van der Waals surface area contributed by atoms with Crippen LogP contribution in [0.1, 0.15) is 37.0 Å². The van der Waals surface area contributed by atoms with E-state index < -0.39 is 5.82 Å². The lowest BCUT2D eigenvalue weighted by atomic mass is 9.97. The Morgan fingerprint density at radius 1 is 1.43 bits per heavy atom. The Bertz CT molecular complexity index is 592. The standard InChI is InChI=1S/C17H22ClFN2O2/c1-11(2)16(22)20-9-12-4-3-7-21(10-12)17(23)14-6-5-13(18)8-15(14)19/h5-6,8,11-12H,3-4,7,9-10H2,1-2H3,(H,20,22). The second kappa shape index (κ2) is 7.77. The van der Waals surface area contributed by atoms with E-state index in [1.807, 2.05) is 13.8 Å². The van der Waals surface area contributed by atoms with E-state index in [0.29, 0.717) is 19.6 Å². The van der Waals surface area contributed by atoms with Gasteiger partial charge in [-0.15, -0.1) is 0 Å². The first-order chi connectivity index (χ1) is 10.9. The second-order valence-electron chi connectivity index (χ2n) is 6.28. The van der Waals surface area contributed by atoms with Gasteiger partial charge in [-0.2, -0.15) is 0 Å². The SMILES string of the molecule is CC(C)C(=O)NCC1CCCN(C(=O)c2ccc(Cl)cc2F)C1. The van der Waals surface area contributed by atoms with E-state index in [2.05, 4.69) is 5.32 Å². The van der Waals surface area contributed by atoms with Gasteiger partial charge in [0.05, 0.1) is 5.56 Å². The van der Waals surface area contributed by atoms with Crippen LogP contribution in [0.5, 0.6) is 0 Å². The molecule has 6 heteroatoms. The maximum absolute atomic E-state index is 13.9. The molecule has 23 heavy (non-hydrogen) atoms. The van der Waals surface area contributed by atoms with Crippen LogP contribution in [0.2, 0.25) is 5.02 Å². The molecule has 1 N–H and O–H groups in total. The summed E-state index contributed by atoms with van der Waals surface area (Å²) in [4.78, 5) is 25.8. The predicted octanol–water partition coefficient (Wildman–Crippen LogP) is 3.10. The number of nitrogens with zero attached hydrogens (tertiary/aromatic N) is 1. The molecule has 1 fully saturated rings. The molecule has 4 nitrogen and oxygen atoms in total. The Balaban J connectivity index is 1.97. The van der Waals surface area contributed by atoms with Crippen molar-refractivity contribution in [3.05, 3.63) is 34.6 Å². The lowest BCUT2D eigenvalue weighted by Crippen LogP contribution is -2.44. The highest BCUT2D eigenvalue weighted by molar-refractivity contribution is 6.30. The first-order valence-electron chi connectivity index (χ1n) is 7.90. The summed E-state index contributed by atoms with van der Waals surface area (Å²) in [7, 11) is 0. The number of rotatable bonds is 4. The summed E-state index contributed by atoms with van der Waals surface area (Å²) in [5.74, 6) is -0.765. The van der Waals surface area contributed by atoms with E-state index in [0.717, 1.165) is 18.9 Å². The highest BCUT2D eigenvalue weighted by atomic mass is 35.5. The summed E-state index contributed by atoms with van der Waals surface area (Å²) >= 11 is 5.72. The minimum Gasteiger partial charge on any atom is -0.356 e. The van der Waals surface area contributed by atoms with Gasteiger partial charge in [-0.1, -0.05) is 25.4 Å². The summed E-state index contributed by atoms with van der Waals surface area (Å²) in [6.07, 6.45) is 1.80. The Morgan fingerprint density at radius 3 is 2.83 bits per heavy atom. The van der Waals surface area contributed by atoms with E-state index in [4.69, 9.17) is 11.6 Å². The Hall–Kier alpha value is -1.62. The van der Waals surface area contributed by atoms with Gasteiger partial charge >= 0.3 is 0 Å². The van der Waals surface area contributed by atoms with Crippen LogP contribution in [0.25, 0.3) is 0 Å². The number of hydrogen-bond acceptors (Lipinski definition) is 2. The Morgan fingerprint density at radius 2 is 2.17 bits per heavy atom. The zero-order chi connectivity index (χ0) is 17.0. The Labute approximate surface area is 141 Å². The molecule has 1 unspecified atom stereocenters. The van der Waals surface area contributed by atoms with Crippen LogP contribution in [0.15, 0.2) is 18.2 Å². The summed E-state index contributed by atoms with van der Waals surface area (Å²) in [6.45, 7) is 5.36. The minimum atomic E-state index is -0.599. The number of benzene rings is 1. The van der Waals surface area contributed by atoms with Gasteiger partial charge in [-0.3, -0.25) is 9.59 Å². The molecule has 1 atom stereocenters. The maximum Gasteiger partial charge on any atom is 0.256 e. The topological polar surface area (TPSA) is 49.4 Å². The summed E-state index contributed by atoms with van der Waals surface area (Å²) in [5, 5.41) is 3.17. The van der Waals surface area contributed by atoms with E-state index in [9.17, 15) is 14.0 Å². The average Bonchev–Trinajstić information content (AvgIpc) is 2.52. The fraction of sp³-hybridized carbons (Fsp3) is 0.529. The number of hydrogen-bond donors (Lipinski definition) is 1. The van der Waals surface area contributed by atoms with Gasteiger partial charge < -0.3 is 10.2 Å². The molecule has 0 aromatic heterocycles. The fourth-order valence-corrected chi connectivity index (χ4v) is 2.86. The molecule has 1 aromatic rings. The van der Waals surface area contributed by atoms with Gasteiger partial charge in [0, 0.05) is 30.6 Å².